The van der Waals surface area contributed by atoms with Crippen LogP contribution in [0.1, 0.15) is 29.0 Å². The van der Waals surface area contributed by atoms with Gasteiger partial charge in [-0.1, -0.05) is 12.1 Å². The number of ether oxygens (including phenoxy) is 1. The molecule has 3 aromatic rings. The van der Waals surface area contributed by atoms with Gasteiger partial charge < -0.3 is 4.74 Å². The second kappa shape index (κ2) is 7.70. The molecule has 0 amide bonds. The maximum atomic E-state index is 12.5. The fourth-order valence-electron chi connectivity index (χ4n) is 3.45. The summed E-state index contributed by atoms with van der Waals surface area (Å²) in [5, 5.41) is 2.10. The lowest BCUT2D eigenvalue weighted by atomic mass is 10.2. The maximum Gasteiger partial charge on any atom is 0.258 e. The van der Waals surface area contributed by atoms with E-state index in [1.54, 1.807) is 21.8 Å². The van der Waals surface area contributed by atoms with Crippen LogP contribution in [0.15, 0.2) is 46.7 Å². The van der Waals surface area contributed by atoms with Gasteiger partial charge in [0, 0.05) is 43.4 Å². The number of aryl methyl sites for hydroxylation is 1. The average Bonchev–Trinajstić information content (AvgIpc) is 3.30. The van der Waals surface area contributed by atoms with Crippen LogP contribution in [0, 0.1) is 6.92 Å². The number of hydrogen-bond acceptors (Lipinski definition) is 5. The van der Waals surface area contributed by atoms with Crippen LogP contribution >= 0.6 is 11.3 Å². The molecule has 26 heavy (non-hydrogen) atoms. The standard InChI is InChI=1S/C20H23N3O2S/c1-15-6-7-19-21-16(10-20(24)23(19)11-15)12-22(13-17-4-2-8-25-17)14-18-5-3-9-26-18/h3,5-7,9-11,17H,2,4,8,12-14H2,1H3/t17-/m0/s1. The number of rotatable bonds is 6. The number of hydrogen-bond donors (Lipinski definition) is 0. The second-order valence-electron chi connectivity index (χ2n) is 6.90. The van der Waals surface area contributed by atoms with Crippen molar-refractivity contribution in [2.45, 2.75) is 39.0 Å². The minimum atomic E-state index is -0.0260. The van der Waals surface area contributed by atoms with Gasteiger partial charge in [-0.2, -0.15) is 0 Å². The quantitative estimate of drug-likeness (QED) is 0.669. The number of nitrogens with zero attached hydrogens (tertiary/aromatic N) is 3. The smallest absolute Gasteiger partial charge is 0.258 e. The van der Waals surface area contributed by atoms with Crippen LogP contribution in [0.4, 0.5) is 0 Å². The van der Waals surface area contributed by atoms with Gasteiger partial charge in [0.25, 0.3) is 5.56 Å². The molecule has 0 aliphatic carbocycles. The lowest BCUT2D eigenvalue weighted by Gasteiger charge is -2.24. The van der Waals surface area contributed by atoms with Gasteiger partial charge in [0.15, 0.2) is 0 Å². The molecule has 4 rings (SSSR count). The summed E-state index contributed by atoms with van der Waals surface area (Å²) in [6, 6.07) is 9.78. The lowest BCUT2D eigenvalue weighted by molar-refractivity contribution is 0.0678. The molecule has 0 aromatic carbocycles. The maximum absolute atomic E-state index is 12.5. The highest BCUT2D eigenvalue weighted by atomic mass is 32.1. The molecule has 1 atom stereocenters. The van der Waals surface area contributed by atoms with E-state index in [-0.39, 0.29) is 11.7 Å². The van der Waals surface area contributed by atoms with Gasteiger partial charge in [-0.15, -0.1) is 11.3 Å². The van der Waals surface area contributed by atoms with Crippen LogP contribution in [-0.4, -0.2) is 33.5 Å². The molecule has 0 bridgehead atoms. The third-order valence-corrected chi connectivity index (χ3v) is 5.55. The number of pyridine rings is 1. The first-order chi connectivity index (χ1) is 12.7. The minimum absolute atomic E-state index is 0.0260. The van der Waals surface area contributed by atoms with Crippen molar-refractivity contribution in [1.29, 1.82) is 0 Å². The molecule has 1 aliphatic rings. The Balaban J connectivity index is 1.58. The lowest BCUT2D eigenvalue weighted by Crippen LogP contribution is -2.32. The van der Waals surface area contributed by atoms with E-state index in [0.29, 0.717) is 12.2 Å². The molecule has 4 heterocycles. The first kappa shape index (κ1) is 17.4. The van der Waals surface area contributed by atoms with Gasteiger partial charge in [-0.25, -0.2) is 4.98 Å². The monoisotopic (exact) mass is 369 g/mol. The highest BCUT2D eigenvalue weighted by molar-refractivity contribution is 7.09. The van der Waals surface area contributed by atoms with E-state index < -0.39 is 0 Å². The molecular formula is C20H23N3O2S. The average molecular weight is 369 g/mol. The van der Waals surface area contributed by atoms with Gasteiger partial charge in [0.2, 0.25) is 0 Å². The van der Waals surface area contributed by atoms with E-state index in [1.165, 1.54) is 4.88 Å². The van der Waals surface area contributed by atoms with Crippen molar-refractivity contribution in [2.24, 2.45) is 0 Å². The van der Waals surface area contributed by atoms with Crippen LogP contribution in [0.2, 0.25) is 0 Å². The van der Waals surface area contributed by atoms with Crippen molar-refractivity contribution in [1.82, 2.24) is 14.3 Å². The zero-order chi connectivity index (χ0) is 17.9. The molecular weight excluding hydrogens is 346 g/mol. The van der Waals surface area contributed by atoms with Gasteiger partial charge in [0.05, 0.1) is 11.8 Å². The SMILES string of the molecule is Cc1ccc2nc(CN(Cc3cccs3)C[C@@H]3CCCO3)cc(=O)n2c1. The Labute approximate surface area is 156 Å². The summed E-state index contributed by atoms with van der Waals surface area (Å²) in [5.41, 5.74) is 2.54. The summed E-state index contributed by atoms with van der Waals surface area (Å²) >= 11 is 1.76. The van der Waals surface area contributed by atoms with Crippen LogP contribution < -0.4 is 5.56 Å². The minimum Gasteiger partial charge on any atom is -0.377 e. The molecule has 0 radical (unpaired) electrons. The summed E-state index contributed by atoms with van der Waals surface area (Å²) < 4.78 is 7.44. The van der Waals surface area contributed by atoms with Crippen LogP contribution in [0.5, 0.6) is 0 Å². The largest absolute Gasteiger partial charge is 0.377 e. The topological polar surface area (TPSA) is 46.8 Å². The zero-order valence-corrected chi connectivity index (χ0v) is 15.7. The number of fused-ring (bicyclic) bond motifs is 1. The van der Waals surface area contributed by atoms with Crippen molar-refractivity contribution in [3.8, 4) is 0 Å². The molecule has 0 saturated carbocycles. The first-order valence-electron chi connectivity index (χ1n) is 9.03. The number of aromatic nitrogens is 2. The van der Waals surface area contributed by atoms with Crippen molar-refractivity contribution in [3.05, 3.63) is 68.4 Å². The van der Waals surface area contributed by atoms with Gasteiger partial charge in [0.1, 0.15) is 5.65 Å². The Bertz CT molecular complexity index is 930. The van der Waals surface area contributed by atoms with Gasteiger partial charge >= 0.3 is 0 Å². The molecule has 0 unspecified atom stereocenters. The van der Waals surface area contributed by atoms with Crippen LogP contribution in [0.3, 0.4) is 0 Å². The van der Waals surface area contributed by atoms with Gasteiger partial charge in [-0.05, 0) is 42.8 Å². The summed E-state index contributed by atoms with van der Waals surface area (Å²) in [6.07, 6.45) is 4.35. The van der Waals surface area contributed by atoms with E-state index in [0.717, 1.165) is 43.8 Å². The predicted octanol–water partition coefficient (Wildman–Crippen LogP) is 3.25. The Kier molecular flexibility index (Phi) is 5.15. The van der Waals surface area contributed by atoms with Crippen LogP contribution in [0.25, 0.3) is 5.65 Å². The van der Waals surface area contributed by atoms with Crippen molar-refractivity contribution >= 4 is 17.0 Å². The molecule has 5 nitrogen and oxygen atoms in total. The zero-order valence-electron chi connectivity index (χ0n) is 14.9. The molecule has 6 heteroatoms. The molecule has 136 valence electrons. The summed E-state index contributed by atoms with van der Waals surface area (Å²) in [7, 11) is 0. The fraction of sp³-hybridized carbons (Fsp3) is 0.400. The second-order valence-corrected chi connectivity index (χ2v) is 7.94. The molecule has 0 N–H and O–H groups in total. The highest BCUT2D eigenvalue weighted by Gasteiger charge is 2.20. The molecule has 1 fully saturated rings. The third-order valence-electron chi connectivity index (χ3n) is 4.69. The summed E-state index contributed by atoms with van der Waals surface area (Å²) in [5.74, 6) is 0. The van der Waals surface area contributed by atoms with E-state index in [1.807, 2.05) is 25.3 Å². The number of thiophene rings is 1. The van der Waals surface area contributed by atoms with E-state index >= 15 is 0 Å². The van der Waals surface area contributed by atoms with Crippen molar-refractivity contribution < 1.29 is 4.74 Å². The molecule has 1 saturated heterocycles. The Morgan fingerprint density at radius 3 is 3.04 bits per heavy atom. The van der Waals surface area contributed by atoms with Gasteiger partial charge in [-0.3, -0.25) is 14.1 Å². The summed E-state index contributed by atoms with van der Waals surface area (Å²) in [4.78, 5) is 20.8. The Morgan fingerprint density at radius 1 is 1.35 bits per heavy atom. The van der Waals surface area contributed by atoms with Crippen LogP contribution in [-0.2, 0) is 17.8 Å². The predicted molar refractivity (Wildman–Crippen MR) is 104 cm³/mol. The highest BCUT2D eigenvalue weighted by Crippen LogP contribution is 2.18. The van der Waals surface area contributed by atoms with E-state index in [2.05, 4.69) is 22.4 Å². The van der Waals surface area contributed by atoms with E-state index in [4.69, 9.17) is 9.72 Å². The fourth-order valence-corrected chi connectivity index (χ4v) is 4.20. The van der Waals surface area contributed by atoms with Crippen molar-refractivity contribution in [2.75, 3.05) is 13.2 Å². The normalized spacial score (nSPS) is 17.4. The summed E-state index contributed by atoms with van der Waals surface area (Å²) in [6.45, 7) is 5.20. The molecule has 1 aliphatic heterocycles. The van der Waals surface area contributed by atoms with Crippen molar-refractivity contribution in [3.63, 3.8) is 0 Å². The first-order valence-corrected chi connectivity index (χ1v) is 9.90. The Hall–Kier alpha value is -2.02. The molecule has 3 aromatic heterocycles. The van der Waals surface area contributed by atoms with E-state index in [9.17, 15) is 4.79 Å². The Morgan fingerprint density at radius 2 is 2.27 bits per heavy atom. The third kappa shape index (κ3) is 4.03. The molecule has 0 spiro atoms.